The lowest BCUT2D eigenvalue weighted by Crippen LogP contribution is -2.63. The molecule has 0 saturated carbocycles. The van der Waals surface area contributed by atoms with Crippen molar-refractivity contribution in [2.24, 2.45) is 27.9 Å². The lowest BCUT2D eigenvalue weighted by molar-refractivity contribution is -0.138. The van der Waals surface area contributed by atoms with Crippen molar-refractivity contribution in [1.29, 1.82) is 0 Å². The van der Waals surface area contributed by atoms with E-state index in [9.17, 15) is 14.4 Å². The molecule has 0 bridgehead atoms. The largest absolute Gasteiger partial charge is 0.370 e. The van der Waals surface area contributed by atoms with Crippen LogP contribution in [0.4, 0.5) is 0 Å². The first-order valence-corrected chi connectivity index (χ1v) is 14.0. The summed E-state index contributed by atoms with van der Waals surface area (Å²) >= 11 is 2.18. The summed E-state index contributed by atoms with van der Waals surface area (Å²) in [5.74, 6) is -2.39. The van der Waals surface area contributed by atoms with Crippen LogP contribution in [0.1, 0.15) is 41.9 Å². The third-order valence-corrected chi connectivity index (χ3v) is 7.44. The zero-order chi connectivity index (χ0) is 29.1. The summed E-state index contributed by atoms with van der Waals surface area (Å²) < 4.78 is 1.03. The maximum absolute atomic E-state index is 14.0. The van der Waals surface area contributed by atoms with Gasteiger partial charge in [-0.2, -0.15) is 0 Å². The number of primary amides is 1. The van der Waals surface area contributed by atoms with Crippen molar-refractivity contribution >= 4 is 46.1 Å². The number of hydrogen-bond donors (Lipinski definition) is 5. The SMILES string of the molecule is NC(=O)[C@H](Cc1ccc(I)cc1)NC(=O)[C@](N)(CCCN=C(N)N)C(=O)CC(c1ccccc1)c1ccccc1. The molecule has 0 heterocycles. The van der Waals surface area contributed by atoms with Gasteiger partial charge in [0, 0.05) is 28.9 Å². The zero-order valence-corrected chi connectivity index (χ0v) is 24.3. The van der Waals surface area contributed by atoms with Crippen molar-refractivity contribution in [3.05, 3.63) is 105 Å². The molecule has 210 valence electrons. The van der Waals surface area contributed by atoms with Crippen molar-refractivity contribution in [2.75, 3.05) is 6.54 Å². The van der Waals surface area contributed by atoms with Crippen molar-refractivity contribution in [2.45, 2.75) is 43.2 Å². The number of Topliss-reactive ketones (excluding diaryl/α,β-unsaturated/α-hetero) is 1. The average molecular weight is 655 g/mol. The highest BCUT2D eigenvalue weighted by Gasteiger charge is 2.43. The maximum Gasteiger partial charge on any atom is 0.248 e. The molecule has 0 aromatic heterocycles. The van der Waals surface area contributed by atoms with Crippen LogP contribution in [0.15, 0.2) is 89.9 Å². The van der Waals surface area contributed by atoms with Crippen molar-refractivity contribution in [1.82, 2.24) is 5.32 Å². The molecular formula is C30H35IN6O3. The van der Waals surface area contributed by atoms with E-state index in [0.29, 0.717) is 0 Å². The number of aliphatic imine (C=N–C) groups is 1. The van der Waals surface area contributed by atoms with Crippen LogP contribution < -0.4 is 28.3 Å². The number of benzene rings is 3. The second-order valence-corrected chi connectivity index (χ2v) is 10.9. The number of amides is 2. The number of nitrogens with zero attached hydrogens (tertiary/aromatic N) is 1. The fourth-order valence-corrected chi connectivity index (χ4v) is 4.84. The highest BCUT2D eigenvalue weighted by atomic mass is 127. The molecule has 3 aromatic rings. The Morgan fingerprint density at radius 1 is 0.850 bits per heavy atom. The lowest BCUT2D eigenvalue weighted by Gasteiger charge is -2.30. The number of nitrogens with one attached hydrogen (secondary N) is 1. The minimum absolute atomic E-state index is 0.0280. The molecule has 0 aliphatic carbocycles. The Morgan fingerprint density at radius 3 is 1.90 bits per heavy atom. The van der Waals surface area contributed by atoms with Gasteiger partial charge >= 0.3 is 0 Å². The Morgan fingerprint density at radius 2 is 1.40 bits per heavy atom. The normalized spacial score (nSPS) is 13.2. The minimum atomic E-state index is -1.94. The van der Waals surface area contributed by atoms with E-state index in [1.54, 1.807) is 0 Å². The molecule has 3 aromatic carbocycles. The summed E-state index contributed by atoms with van der Waals surface area (Å²) in [5, 5.41) is 2.66. The maximum atomic E-state index is 14.0. The summed E-state index contributed by atoms with van der Waals surface area (Å²) in [6.45, 7) is 0.185. The smallest absolute Gasteiger partial charge is 0.248 e. The average Bonchev–Trinajstić information content (AvgIpc) is 2.95. The van der Waals surface area contributed by atoms with E-state index < -0.39 is 29.2 Å². The summed E-state index contributed by atoms with van der Waals surface area (Å²) in [5.41, 5.74) is 23.9. The molecule has 2 amide bonds. The lowest BCUT2D eigenvalue weighted by atomic mass is 9.79. The predicted molar refractivity (Wildman–Crippen MR) is 165 cm³/mol. The van der Waals surface area contributed by atoms with Crippen LogP contribution in [0.3, 0.4) is 0 Å². The Hall–Kier alpha value is -3.77. The summed E-state index contributed by atoms with van der Waals surface area (Å²) in [4.78, 5) is 43.9. The first-order chi connectivity index (χ1) is 19.1. The minimum Gasteiger partial charge on any atom is -0.370 e. The second-order valence-electron chi connectivity index (χ2n) is 9.64. The molecular weight excluding hydrogens is 619 g/mol. The van der Waals surface area contributed by atoms with E-state index >= 15 is 0 Å². The first-order valence-electron chi connectivity index (χ1n) is 12.9. The second kappa shape index (κ2) is 14.6. The van der Waals surface area contributed by atoms with Crippen molar-refractivity contribution in [3.8, 4) is 0 Å². The van der Waals surface area contributed by atoms with Gasteiger partial charge in [0.05, 0.1) is 0 Å². The monoisotopic (exact) mass is 654 g/mol. The zero-order valence-electron chi connectivity index (χ0n) is 22.1. The molecule has 9 nitrogen and oxygen atoms in total. The molecule has 0 fully saturated rings. The molecule has 3 rings (SSSR count). The van der Waals surface area contributed by atoms with Gasteiger partial charge < -0.3 is 28.3 Å². The van der Waals surface area contributed by atoms with E-state index in [1.165, 1.54) is 0 Å². The Kier molecular flexibility index (Phi) is 11.2. The highest BCUT2D eigenvalue weighted by molar-refractivity contribution is 14.1. The van der Waals surface area contributed by atoms with Gasteiger partial charge in [0.1, 0.15) is 6.04 Å². The number of halogens is 1. The van der Waals surface area contributed by atoms with E-state index in [2.05, 4.69) is 32.9 Å². The molecule has 0 unspecified atom stereocenters. The van der Waals surface area contributed by atoms with E-state index in [-0.39, 0.29) is 44.1 Å². The number of carbonyl (C=O) groups excluding carboxylic acids is 3. The molecule has 0 saturated heterocycles. The molecule has 0 spiro atoms. The molecule has 9 N–H and O–H groups in total. The van der Waals surface area contributed by atoms with Gasteiger partial charge in [0.15, 0.2) is 17.3 Å². The van der Waals surface area contributed by atoms with Gasteiger partial charge in [0.2, 0.25) is 11.8 Å². The van der Waals surface area contributed by atoms with E-state index in [4.69, 9.17) is 22.9 Å². The molecule has 0 radical (unpaired) electrons. The van der Waals surface area contributed by atoms with Gasteiger partial charge in [-0.05, 0) is 64.3 Å². The van der Waals surface area contributed by atoms with E-state index in [0.717, 1.165) is 20.3 Å². The number of rotatable bonds is 14. The summed E-state index contributed by atoms with van der Waals surface area (Å²) in [6.07, 6.45) is 0.374. The Balaban J connectivity index is 1.89. The quantitative estimate of drug-likeness (QED) is 0.0585. The number of hydrogen-bond acceptors (Lipinski definition) is 5. The fourth-order valence-electron chi connectivity index (χ4n) is 4.48. The highest BCUT2D eigenvalue weighted by Crippen LogP contribution is 2.30. The number of carbonyl (C=O) groups is 3. The molecule has 2 atom stereocenters. The van der Waals surface area contributed by atoms with Crippen LogP contribution in [0.2, 0.25) is 0 Å². The van der Waals surface area contributed by atoms with Crippen LogP contribution in [-0.4, -0.2) is 41.7 Å². The topological polar surface area (TPSA) is 180 Å². The van der Waals surface area contributed by atoms with Gasteiger partial charge in [0.25, 0.3) is 0 Å². The fraction of sp³-hybridized carbons (Fsp3) is 0.267. The Bertz CT molecular complexity index is 1270. The van der Waals surface area contributed by atoms with Gasteiger partial charge in [-0.15, -0.1) is 0 Å². The van der Waals surface area contributed by atoms with Crippen molar-refractivity contribution in [3.63, 3.8) is 0 Å². The Labute approximate surface area is 247 Å². The third-order valence-electron chi connectivity index (χ3n) is 6.72. The molecule has 0 aliphatic heterocycles. The summed E-state index contributed by atoms with van der Waals surface area (Å²) in [6, 6.07) is 25.6. The first kappa shape index (κ1) is 30.8. The van der Waals surface area contributed by atoms with Gasteiger partial charge in [-0.25, -0.2) is 0 Å². The molecule has 10 heteroatoms. The van der Waals surface area contributed by atoms with Crippen LogP contribution in [0.5, 0.6) is 0 Å². The van der Waals surface area contributed by atoms with Crippen LogP contribution >= 0.6 is 22.6 Å². The number of guanidine groups is 1. The number of ketones is 1. The van der Waals surface area contributed by atoms with E-state index in [1.807, 2.05) is 84.9 Å². The van der Waals surface area contributed by atoms with Gasteiger partial charge in [-0.3, -0.25) is 19.4 Å². The predicted octanol–water partition coefficient (Wildman–Crippen LogP) is 2.35. The number of nitrogens with two attached hydrogens (primary N) is 4. The standard InChI is InChI=1S/C30H35IN6O3/c31-23-14-12-20(13-15-23)18-25(27(32)39)37-28(40)30(35,16-7-17-36-29(33)34)26(38)19-24(21-8-3-1-4-9-21)22-10-5-2-6-11-22/h1-6,8-15,24-25H,7,16-19,35H2,(H2,32,39)(H,37,40)(H4,33,34,36)/t25-,30-/m0/s1. The van der Waals surface area contributed by atoms with Crippen LogP contribution in [0.25, 0.3) is 0 Å². The molecule has 40 heavy (non-hydrogen) atoms. The van der Waals surface area contributed by atoms with Gasteiger partial charge in [-0.1, -0.05) is 72.8 Å². The van der Waals surface area contributed by atoms with Crippen LogP contribution in [-0.2, 0) is 20.8 Å². The summed E-state index contributed by atoms with van der Waals surface area (Å²) in [7, 11) is 0. The van der Waals surface area contributed by atoms with Crippen molar-refractivity contribution < 1.29 is 14.4 Å². The van der Waals surface area contributed by atoms with Crippen LogP contribution in [0, 0.1) is 3.57 Å². The third kappa shape index (κ3) is 8.62. The molecule has 0 aliphatic rings.